The third kappa shape index (κ3) is 64.8. The molecule has 0 rings (SSSR count). The summed E-state index contributed by atoms with van der Waals surface area (Å²) < 4.78 is 5.48. The largest absolute Gasteiger partial charge is 0.466 e. The molecule has 6 heteroatoms. The number of unbranched alkanes of at least 4 members (excludes halogenated alkanes) is 49. The summed E-state index contributed by atoms with van der Waals surface area (Å²) in [6.07, 6.45) is 89.2. The Morgan fingerprint density at radius 1 is 0.354 bits per heavy atom. The number of carbonyl (C=O) groups is 2. The zero-order valence-electron chi connectivity index (χ0n) is 53.1. The van der Waals surface area contributed by atoms with Crippen molar-refractivity contribution in [2.24, 2.45) is 0 Å². The number of allylic oxidation sites excluding steroid dienone is 7. The van der Waals surface area contributed by atoms with Gasteiger partial charge in [0, 0.05) is 12.8 Å². The van der Waals surface area contributed by atoms with Crippen molar-refractivity contribution in [1.82, 2.24) is 5.32 Å². The lowest BCUT2D eigenvalue weighted by atomic mass is 10.0. The fraction of sp³-hybridized carbons (Fsp3) is 0.863. The van der Waals surface area contributed by atoms with E-state index in [-0.39, 0.29) is 18.5 Å². The highest BCUT2D eigenvalue weighted by Gasteiger charge is 2.18. The second-order valence-electron chi connectivity index (χ2n) is 24.2. The van der Waals surface area contributed by atoms with Gasteiger partial charge < -0.3 is 20.3 Å². The molecule has 1 amide bonds. The Morgan fingerprint density at radius 2 is 0.646 bits per heavy atom. The molecule has 0 saturated heterocycles. The fourth-order valence-electron chi connectivity index (χ4n) is 10.9. The first kappa shape index (κ1) is 76.8. The van der Waals surface area contributed by atoms with Crippen molar-refractivity contribution in [3.63, 3.8) is 0 Å². The zero-order chi connectivity index (χ0) is 57.1. The van der Waals surface area contributed by atoms with Crippen LogP contribution in [0.25, 0.3) is 0 Å². The van der Waals surface area contributed by atoms with Crippen LogP contribution in [0.3, 0.4) is 0 Å². The van der Waals surface area contributed by atoms with Crippen LogP contribution in [0.4, 0.5) is 0 Å². The number of amides is 1. The predicted molar refractivity (Wildman–Crippen MR) is 347 cm³/mol. The number of esters is 1. The molecule has 6 nitrogen and oxygen atoms in total. The Bertz CT molecular complexity index is 1320. The zero-order valence-corrected chi connectivity index (χ0v) is 53.1. The SMILES string of the molecule is CCCC/C=C\C/C=C\CCCCCCCC(=O)OCCCCCCCCCCCCCCCC/C=C\CCCCCCCCCCCCCCCCCCCC(=O)NC(CO)C(O)/C=C/CCCCCCCCCCCCC. The molecule has 0 radical (unpaired) electrons. The van der Waals surface area contributed by atoms with Gasteiger partial charge in [-0.2, -0.15) is 0 Å². The molecular formula is C73H137NO5. The minimum atomic E-state index is -0.841. The van der Waals surface area contributed by atoms with Crippen LogP contribution in [0.15, 0.2) is 48.6 Å². The molecule has 0 bridgehead atoms. The highest BCUT2D eigenvalue weighted by Crippen LogP contribution is 2.18. The van der Waals surface area contributed by atoms with Crippen LogP contribution in [-0.2, 0) is 14.3 Å². The Morgan fingerprint density at radius 3 is 1.01 bits per heavy atom. The van der Waals surface area contributed by atoms with Crippen molar-refractivity contribution in [2.45, 2.75) is 392 Å². The van der Waals surface area contributed by atoms with Gasteiger partial charge in [0.05, 0.1) is 25.4 Å². The third-order valence-corrected chi connectivity index (χ3v) is 16.3. The molecule has 0 aromatic carbocycles. The lowest BCUT2D eigenvalue weighted by molar-refractivity contribution is -0.143. The normalized spacial score (nSPS) is 12.8. The molecule has 0 saturated carbocycles. The standard InChI is InChI=1S/C73H137NO5/c1-3-5-7-9-11-13-15-17-43-47-51-55-59-63-67-73(78)79-68-64-60-56-52-48-44-40-38-36-34-32-30-28-26-24-22-20-18-19-21-23-25-27-29-31-33-35-37-39-42-46-50-54-58-62-66-72(77)74-70(69-75)71(76)65-61-57-53-49-45-41-16-14-12-10-8-6-4-2/h9,11,15,17,20,22,61,65,70-71,75-76H,3-8,10,12-14,16,18-19,21,23-60,62-64,66-69H2,1-2H3,(H,74,77)/b11-9-,17-15-,22-20-,65-61+. The van der Waals surface area contributed by atoms with Crippen molar-refractivity contribution in [3.05, 3.63) is 48.6 Å². The number of carbonyl (C=O) groups excluding carboxylic acids is 2. The molecule has 0 heterocycles. The second kappa shape index (κ2) is 68.3. The van der Waals surface area contributed by atoms with Crippen molar-refractivity contribution in [2.75, 3.05) is 13.2 Å². The molecule has 0 spiro atoms. The number of aliphatic hydroxyl groups is 2. The number of hydrogen-bond donors (Lipinski definition) is 3. The Kier molecular flexibility index (Phi) is 66.4. The van der Waals surface area contributed by atoms with E-state index < -0.39 is 12.1 Å². The summed E-state index contributed by atoms with van der Waals surface area (Å²) in [7, 11) is 0. The molecule has 2 unspecified atom stereocenters. The first-order valence-electron chi connectivity index (χ1n) is 35.4. The Balaban J connectivity index is 3.35. The van der Waals surface area contributed by atoms with E-state index in [0.717, 1.165) is 51.4 Å². The van der Waals surface area contributed by atoms with Crippen LogP contribution in [0.2, 0.25) is 0 Å². The highest BCUT2D eigenvalue weighted by molar-refractivity contribution is 5.76. The van der Waals surface area contributed by atoms with Crippen LogP contribution in [-0.4, -0.2) is 47.4 Å². The molecule has 79 heavy (non-hydrogen) atoms. The number of rotatable bonds is 66. The highest BCUT2D eigenvalue weighted by atomic mass is 16.5. The molecule has 0 aliphatic rings. The maximum Gasteiger partial charge on any atom is 0.305 e. The molecular weight excluding hydrogens is 971 g/mol. The van der Waals surface area contributed by atoms with Gasteiger partial charge in [0.25, 0.3) is 0 Å². The summed E-state index contributed by atoms with van der Waals surface area (Å²) in [4.78, 5) is 24.5. The predicted octanol–water partition coefficient (Wildman–Crippen LogP) is 22.9. The first-order valence-corrected chi connectivity index (χ1v) is 35.4. The fourth-order valence-corrected chi connectivity index (χ4v) is 10.9. The van der Waals surface area contributed by atoms with Crippen LogP contribution in [0, 0.1) is 0 Å². The van der Waals surface area contributed by atoms with E-state index in [1.54, 1.807) is 6.08 Å². The van der Waals surface area contributed by atoms with Crippen LogP contribution in [0.1, 0.15) is 380 Å². The van der Waals surface area contributed by atoms with E-state index in [4.69, 9.17) is 4.74 Å². The van der Waals surface area contributed by atoms with E-state index >= 15 is 0 Å². The summed E-state index contributed by atoms with van der Waals surface area (Å²) in [6, 6.07) is -0.625. The summed E-state index contributed by atoms with van der Waals surface area (Å²) in [5, 5.41) is 23.1. The van der Waals surface area contributed by atoms with Gasteiger partial charge in [0.1, 0.15) is 0 Å². The third-order valence-electron chi connectivity index (χ3n) is 16.3. The second-order valence-corrected chi connectivity index (χ2v) is 24.2. The van der Waals surface area contributed by atoms with Gasteiger partial charge in [-0.25, -0.2) is 0 Å². The smallest absolute Gasteiger partial charge is 0.305 e. The molecule has 464 valence electrons. The van der Waals surface area contributed by atoms with Crippen molar-refractivity contribution < 1.29 is 24.5 Å². The monoisotopic (exact) mass is 1110 g/mol. The molecule has 0 aliphatic heterocycles. The van der Waals surface area contributed by atoms with Crippen molar-refractivity contribution in [3.8, 4) is 0 Å². The van der Waals surface area contributed by atoms with Gasteiger partial charge in [-0.3, -0.25) is 9.59 Å². The quantitative estimate of drug-likeness (QED) is 0.0320. The lowest BCUT2D eigenvalue weighted by Crippen LogP contribution is -2.45. The molecule has 0 aromatic rings. The van der Waals surface area contributed by atoms with Crippen molar-refractivity contribution >= 4 is 11.9 Å². The van der Waals surface area contributed by atoms with E-state index in [2.05, 4.69) is 55.6 Å². The summed E-state index contributed by atoms with van der Waals surface area (Å²) in [6.45, 7) is 4.87. The van der Waals surface area contributed by atoms with E-state index in [1.807, 2.05) is 6.08 Å². The number of ether oxygens (including phenoxy) is 1. The van der Waals surface area contributed by atoms with Gasteiger partial charge in [-0.1, -0.05) is 332 Å². The van der Waals surface area contributed by atoms with Crippen LogP contribution in [0.5, 0.6) is 0 Å². The van der Waals surface area contributed by atoms with Crippen LogP contribution < -0.4 is 5.32 Å². The van der Waals surface area contributed by atoms with Crippen LogP contribution >= 0.6 is 0 Å². The average Bonchev–Trinajstić information content (AvgIpc) is 3.45. The molecule has 0 fully saturated rings. The summed E-state index contributed by atoms with van der Waals surface area (Å²) in [5.41, 5.74) is 0. The van der Waals surface area contributed by atoms with Gasteiger partial charge in [0.2, 0.25) is 5.91 Å². The number of nitrogens with one attached hydrogen (secondary N) is 1. The molecule has 0 aromatic heterocycles. The molecule has 0 aliphatic carbocycles. The van der Waals surface area contributed by atoms with E-state index in [9.17, 15) is 19.8 Å². The average molecular weight is 1110 g/mol. The van der Waals surface area contributed by atoms with Gasteiger partial charge >= 0.3 is 5.97 Å². The maximum absolute atomic E-state index is 12.5. The summed E-state index contributed by atoms with van der Waals surface area (Å²) in [5.74, 6) is -0.0582. The molecule has 3 N–H and O–H groups in total. The van der Waals surface area contributed by atoms with Gasteiger partial charge in [-0.15, -0.1) is 0 Å². The van der Waals surface area contributed by atoms with E-state index in [0.29, 0.717) is 19.4 Å². The topological polar surface area (TPSA) is 95.9 Å². The first-order chi connectivity index (χ1) is 39.0. The lowest BCUT2D eigenvalue weighted by Gasteiger charge is -2.20. The minimum absolute atomic E-state index is 0.00525. The van der Waals surface area contributed by atoms with Gasteiger partial charge in [0.15, 0.2) is 0 Å². The summed E-state index contributed by atoms with van der Waals surface area (Å²) >= 11 is 0. The Hall–Kier alpha value is -2.18. The molecule has 2 atom stereocenters. The van der Waals surface area contributed by atoms with Gasteiger partial charge in [-0.05, 0) is 83.5 Å². The number of aliphatic hydroxyl groups excluding tert-OH is 2. The Labute approximate surface area is 493 Å². The maximum atomic E-state index is 12.5. The number of hydrogen-bond acceptors (Lipinski definition) is 5. The van der Waals surface area contributed by atoms with Crippen molar-refractivity contribution in [1.29, 1.82) is 0 Å². The minimum Gasteiger partial charge on any atom is -0.466 e. The van der Waals surface area contributed by atoms with E-state index in [1.165, 1.54) is 302 Å².